The van der Waals surface area contributed by atoms with Crippen LogP contribution in [0.4, 0.5) is 0 Å². The lowest BCUT2D eigenvalue weighted by Crippen LogP contribution is -2.41. The normalized spacial score (nSPS) is 39.4. The first kappa shape index (κ1) is 12.4. The van der Waals surface area contributed by atoms with E-state index in [9.17, 15) is 0 Å². The molecular weight excluding hydrogens is 194 g/mol. The van der Waals surface area contributed by atoms with Gasteiger partial charge in [0.25, 0.3) is 0 Å². The maximum absolute atomic E-state index is 3.98. The van der Waals surface area contributed by atoms with Gasteiger partial charge in [-0.2, -0.15) is 0 Å². The van der Waals surface area contributed by atoms with Crippen LogP contribution in [0.2, 0.25) is 0 Å². The molecular formula is C15H29N. The Morgan fingerprint density at radius 3 is 2.38 bits per heavy atom. The van der Waals surface area contributed by atoms with E-state index in [4.69, 9.17) is 0 Å². The molecule has 1 saturated heterocycles. The summed E-state index contributed by atoms with van der Waals surface area (Å²) in [5, 5.41) is 3.98. The van der Waals surface area contributed by atoms with E-state index in [0.29, 0.717) is 5.54 Å². The molecule has 1 aliphatic carbocycles. The van der Waals surface area contributed by atoms with E-state index in [-0.39, 0.29) is 0 Å². The van der Waals surface area contributed by atoms with Crippen LogP contribution < -0.4 is 5.32 Å². The lowest BCUT2D eigenvalue weighted by Gasteiger charge is -2.27. The predicted octanol–water partition coefficient (Wildman–Crippen LogP) is 3.98. The van der Waals surface area contributed by atoms with Gasteiger partial charge in [-0.1, -0.05) is 27.7 Å². The summed E-state index contributed by atoms with van der Waals surface area (Å²) in [6.45, 7) is 9.48. The minimum Gasteiger partial charge on any atom is -0.308 e. The highest BCUT2D eigenvalue weighted by Crippen LogP contribution is 2.44. The standard InChI is InChI=1S/C15H29N/c1-11(2)9-14-6-8-15(16-14)7-5-13(10-15)12(3)4/h11-14,16H,5-10H2,1-4H3/t13-,14+,15?/m0/s1. The van der Waals surface area contributed by atoms with Crippen LogP contribution in [0, 0.1) is 17.8 Å². The number of rotatable bonds is 3. The third-order valence-corrected chi connectivity index (χ3v) is 4.83. The third-order valence-electron chi connectivity index (χ3n) is 4.83. The fourth-order valence-corrected chi connectivity index (χ4v) is 3.87. The molecule has 0 bridgehead atoms. The molecule has 1 heteroatoms. The van der Waals surface area contributed by atoms with Gasteiger partial charge in [0, 0.05) is 11.6 Å². The summed E-state index contributed by atoms with van der Waals surface area (Å²) in [5.74, 6) is 2.70. The Morgan fingerprint density at radius 2 is 1.81 bits per heavy atom. The van der Waals surface area contributed by atoms with Crippen LogP contribution in [-0.2, 0) is 0 Å². The molecule has 3 atom stereocenters. The van der Waals surface area contributed by atoms with Gasteiger partial charge in [0.15, 0.2) is 0 Å². The molecule has 0 aromatic heterocycles. The highest BCUT2D eigenvalue weighted by molar-refractivity contribution is 5.03. The highest BCUT2D eigenvalue weighted by Gasteiger charge is 2.44. The second kappa shape index (κ2) is 4.68. The van der Waals surface area contributed by atoms with Gasteiger partial charge in [-0.3, -0.25) is 0 Å². The lowest BCUT2D eigenvalue weighted by atomic mass is 9.89. The van der Waals surface area contributed by atoms with Crippen molar-refractivity contribution in [2.75, 3.05) is 0 Å². The van der Waals surface area contributed by atoms with Crippen molar-refractivity contribution in [1.82, 2.24) is 5.32 Å². The number of nitrogens with one attached hydrogen (secondary N) is 1. The van der Waals surface area contributed by atoms with Gasteiger partial charge >= 0.3 is 0 Å². The third kappa shape index (κ3) is 2.61. The maximum Gasteiger partial charge on any atom is 0.0187 e. The Hall–Kier alpha value is -0.0400. The average Bonchev–Trinajstić information content (AvgIpc) is 2.74. The van der Waals surface area contributed by atoms with Crippen LogP contribution in [-0.4, -0.2) is 11.6 Å². The van der Waals surface area contributed by atoms with Crippen molar-refractivity contribution in [2.45, 2.75) is 77.8 Å². The second-order valence-electron chi connectivity index (χ2n) is 7.04. The van der Waals surface area contributed by atoms with Gasteiger partial charge in [0.1, 0.15) is 0 Å². The summed E-state index contributed by atoms with van der Waals surface area (Å²) < 4.78 is 0. The van der Waals surface area contributed by atoms with Crippen molar-refractivity contribution < 1.29 is 0 Å². The summed E-state index contributed by atoms with van der Waals surface area (Å²) >= 11 is 0. The van der Waals surface area contributed by atoms with Gasteiger partial charge in [0.2, 0.25) is 0 Å². The topological polar surface area (TPSA) is 12.0 Å². The van der Waals surface area contributed by atoms with Crippen molar-refractivity contribution in [1.29, 1.82) is 0 Å². The largest absolute Gasteiger partial charge is 0.308 e. The van der Waals surface area contributed by atoms with E-state index in [2.05, 4.69) is 33.0 Å². The average molecular weight is 223 g/mol. The predicted molar refractivity (Wildman–Crippen MR) is 70.5 cm³/mol. The number of hydrogen-bond acceptors (Lipinski definition) is 1. The highest BCUT2D eigenvalue weighted by atomic mass is 15.0. The van der Waals surface area contributed by atoms with E-state index in [1.807, 2.05) is 0 Å². The summed E-state index contributed by atoms with van der Waals surface area (Å²) in [7, 11) is 0. The fraction of sp³-hybridized carbons (Fsp3) is 1.00. The molecule has 2 aliphatic rings. The molecule has 1 saturated carbocycles. The minimum atomic E-state index is 0.550. The van der Waals surface area contributed by atoms with E-state index >= 15 is 0 Å². The van der Waals surface area contributed by atoms with Crippen molar-refractivity contribution in [3.63, 3.8) is 0 Å². The number of hydrogen-bond donors (Lipinski definition) is 1. The molecule has 0 amide bonds. The van der Waals surface area contributed by atoms with E-state index in [1.54, 1.807) is 0 Å². The first-order chi connectivity index (χ1) is 7.51. The molecule has 0 radical (unpaired) electrons. The van der Waals surface area contributed by atoms with Crippen molar-refractivity contribution >= 4 is 0 Å². The molecule has 1 nitrogen and oxygen atoms in total. The van der Waals surface area contributed by atoms with Crippen LogP contribution in [0.25, 0.3) is 0 Å². The Balaban J connectivity index is 1.88. The molecule has 1 unspecified atom stereocenters. The Bertz CT molecular complexity index is 234. The smallest absolute Gasteiger partial charge is 0.0187 e. The molecule has 1 N–H and O–H groups in total. The summed E-state index contributed by atoms with van der Waals surface area (Å²) in [6.07, 6.45) is 8.56. The van der Waals surface area contributed by atoms with Gasteiger partial charge in [-0.15, -0.1) is 0 Å². The molecule has 1 heterocycles. The SMILES string of the molecule is CC(C)C[C@H]1CCC2(CC[C@H](C(C)C)C2)N1. The molecule has 1 aliphatic heterocycles. The van der Waals surface area contributed by atoms with Crippen molar-refractivity contribution in [2.24, 2.45) is 17.8 Å². The van der Waals surface area contributed by atoms with Gasteiger partial charge in [-0.25, -0.2) is 0 Å². The summed E-state index contributed by atoms with van der Waals surface area (Å²) in [6, 6.07) is 0.811. The Kier molecular flexibility index (Phi) is 3.63. The molecule has 2 fully saturated rings. The first-order valence-electron chi connectivity index (χ1n) is 7.28. The second-order valence-corrected chi connectivity index (χ2v) is 7.04. The van der Waals surface area contributed by atoms with Crippen LogP contribution >= 0.6 is 0 Å². The Morgan fingerprint density at radius 1 is 1.12 bits per heavy atom. The molecule has 94 valence electrons. The molecule has 0 aromatic rings. The van der Waals surface area contributed by atoms with E-state index in [1.165, 1.54) is 38.5 Å². The zero-order valence-electron chi connectivity index (χ0n) is 11.6. The minimum absolute atomic E-state index is 0.550. The summed E-state index contributed by atoms with van der Waals surface area (Å²) in [5.41, 5.74) is 0.550. The molecule has 0 aromatic carbocycles. The van der Waals surface area contributed by atoms with Crippen LogP contribution in [0.1, 0.15) is 66.2 Å². The van der Waals surface area contributed by atoms with Crippen LogP contribution in [0.3, 0.4) is 0 Å². The maximum atomic E-state index is 3.98. The first-order valence-corrected chi connectivity index (χ1v) is 7.28. The van der Waals surface area contributed by atoms with Gasteiger partial charge in [0.05, 0.1) is 0 Å². The van der Waals surface area contributed by atoms with Crippen LogP contribution in [0.15, 0.2) is 0 Å². The lowest BCUT2D eigenvalue weighted by molar-refractivity contribution is 0.313. The quantitative estimate of drug-likeness (QED) is 0.763. The Labute approximate surface area is 101 Å². The monoisotopic (exact) mass is 223 g/mol. The molecule has 2 rings (SSSR count). The van der Waals surface area contributed by atoms with Gasteiger partial charge in [-0.05, 0) is 56.3 Å². The van der Waals surface area contributed by atoms with E-state index < -0.39 is 0 Å². The van der Waals surface area contributed by atoms with E-state index in [0.717, 1.165) is 23.8 Å². The zero-order chi connectivity index (χ0) is 11.8. The van der Waals surface area contributed by atoms with Crippen molar-refractivity contribution in [3.05, 3.63) is 0 Å². The molecule has 16 heavy (non-hydrogen) atoms. The van der Waals surface area contributed by atoms with Gasteiger partial charge < -0.3 is 5.32 Å². The zero-order valence-corrected chi connectivity index (χ0v) is 11.6. The fourth-order valence-electron chi connectivity index (χ4n) is 3.87. The molecule has 1 spiro atoms. The van der Waals surface area contributed by atoms with Crippen LogP contribution in [0.5, 0.6) is 0 Å². The van der Waals surface area contributed by atoms with Crippen molar-refractivity contribution in [3.8, 4) is 0 Å². The summed E-state index contributed by atoms with van der Waals surface area (Å²) in [4.78, 5) is 0.